The van der Waals surface area contributed by atoms with Gasteiger partial charge in [-0.2, -0.15) is 10.2 Å². The van der Waals surface area contributed by atoms with Gasteiger partial charge >= 0.3 is 0 Å². The summed E-state index contributed by atoms with van der Waals surface area (Å²) in [7, 11) is 1.92. The van der Waals surface area contributed by atoms with Crippen molar-refractivity contribution in [3.8, 4) is 23.0 Å². The molecule has 1 aliphatic heterocycles. The molecule has 0 atom stereocenters. The van der Waals surface area contributed by atoms with Crippen LogP contribution in [0.4, 0.5) is 5.69 Å². The van der Waals surface area contributed by atoms with Crippen molar-refractivity contribution in [2.45, 2.75) is 46.1 Å². The summed E-state index contributed by atoms with van der Waals surface area (Å²) in [6.07, 6.45) is 11.6. The van der Waals surface area contributed by atoms with Crippen LogP contribution < -0.4 is 9.64 Å². The van der Waals surface area contributed by atoms with Gasteiger partial charge in [0, 0.05) is 51.1 Å². The molecule has 0 bridgehead atoms. The molecule has 5 heterocycles. The lowest BCUT2D eigenvalue weighted by atomic mass is 10.1. The van der Waals surface area contributed by atoms with Crippen molar-refractivity contribution in [1.82, 2.24) is 34.5 Å². The monoisotopic (exact) mass is 504 g/mol. The van der Waals surface area contributed by atoms with Gasteiger partial charge in [-0.25, -0.2) is 14.6 Å². The lowest BCUT2D eigenvalue weighted by molar-refractivity contribution is -0.134. The quantitative estimate of drug-likeness (QED) is 0.401. The minimum Gasteiger partial charge on any atom is -0.481 e. The van der Waals surface area contributed by atoms with E-state index in [9.17, 15) is 0 Å². The highest BCUT2D eigenvalue weighted by molar-refractivity contribution is 5.65. The van der Waals surface area contributed by atoms with Crippen LogP contribution in [-0.4, -0.2) is 58.7 Å². The third-order valence-corrected chi connectivity index (χ3v) is 6.04. The maximum Gasteiger partial charge on any atom is 0.300 e. The molecular weight excluding hydrogens is 472 g/mol. The second-order valence-electron chi connectivity index (χ2n) is 8.66. The number of aromatic nitrogens is 7. The second kappa shape index (κ2) is 12.1. The number of carbonyl (C=O) groups is 1. The first kappa shape index (κ1) is 25.8. The summed E-state index contributed by atoms with van der Waals surface area (Å²) in [4.78, 5) is 25.0. The fourth-order valence-electron chi connectivity index (χ4n) is 4.26. The number of nitrogens with zero attached hydrogens (tertiary/aromatic N) is 8. The van der Waals surface area contributed by atoms with Gasteiger partial charge in [0.25, 0.3) is 5.97 Å². The van der Waals surface area contributed by atoms with Gasteiger partial charge in [-0.3, -0.25) is 14.5 Å². The van der Waals surface area contributed by atoms with E-state index in [-0.39, 0.29) is 0 Å². The fraction of sp³-hybridized carbons (Fsp3) is 0.385. The van der Waals surface area contributed by atoms with Crippen molar-refractivity contribution in [3.05, 3.63) is 60.6 Å². The highest BCUT2D eigenvalue weighted by Crippen LogP contribution is 2.29. The standard InChI is InChI=1S/C24H28N8O.C2H4O2/c1-3-19-21(31-11-5-4-6-12-31)9-8-20(29-19)18-15-28-30(2)22(18)16-33-24-14-23(25-17-26-24)32-13-7-10-27-32;1-2(3)4/h7-10,13-15,17H,3-6,11-12,16H2,1-2H3;1H3,(H,3,4). The Kier molecular flexibility index (Phi) is 8.44. The molecule has 0 aliphatic carbocycles. The molecule has 37 heavy (non-hydrogen) atoms. The number of hydrogen-bond donors (Lipinski definition) is 1. The van der Waals surface area contributed by atoms with E-state index < -0.39 is 5.97 Å². The molecule has 0 spiro atoms. The number of ether oxygens (including phenoxy) is 1. The number of anilines is 1. The number of carboxylic acids is 1. The molecule has 4 aromatic rings. The molecule has 11 heteroatoms. The van der Waals surface area contributed by atoms with Crippen LogP contribution in [0.1, 0.15) is 44.5 Å². The van der Waals surface area contributed by atoms with Crippen molar-refractivity contribution in [3.63, 3.8) is 0 Å². The zero-order valence-electron chi connectivity index (χ0n) is 21.4. The van der Waals surface area contributed by atoms with E-state index in [1.807, 2.05) is 30.2 Å². The van der Waals surface area contributed by atoms with Gasteiger partial charge in [0.05, 0.1) is 29.0 Å². The number of pyridine rings is 1. The smallest absolute Gasteiger partial charge is 0.300 e. The largest absolute Gasteiger partial charge is 0.481 e. The first-order valence-corrected chi connectivity index (χ1v) is 12.4. The average Bonchev–Trinajstić information content (AvgIpc) is 3.58. The zero-order valence-corrected chi connectivity index (χ0v) is 21.4. The van der Waals surface area contributed by atoms with Crippen LogP contribution in [0, 0.1) is 0 Å². The molecular formula is C26H32N8O3. The molecule has 1 aliphatic rings. The third kappa shape index (κ3) is 6.49. The van der Waals surface area contributed by atoms with E-state index in [0.717, 1.165) is 49.1 Å². The highest BCUT2D eigenvalue weighted by Gasteiger charge is 2.18. The number of hydrogen-bond acceptors (Lipinski definition) is 8. The van der Waals surface area contributed by atoms with Crippen LogP contribution >= 0.6 is 0 Å². The van der Waals surface area contributed by atoms with Gasteiger partial charge in [0.1, 0.15) is 12.9 Å². The topological polar surface area (TPSA) is 124 Å². The van der Waals surface area contributed by atoms with E-state index in [1.165, 1.54) is 31.3 Å². The van der Waals surface area contributed by atoms with E-state index >= 15 is 0 Å². The summed E-state index contributed by atoms with van der Waals surface area (Å²) in [6, 6.07) is 7.93. The minimum absolute atomic E-state index is 0.318. The van der Waals surface area contributed by atoms with Gasteiger partial charge in [-0.05, 0) is 43.9 Å². The molecule has 1 saturated heterocycles. The Morgan fingerprint density at radius 3 is 2.62 bits per heavy atom. The lowest BCUT2D eigenvalue weighted by Gasteiger charge is -2.30. The van der Waals surface area contributed by atoms with Crippen LogP contribution in [0.3, 0.4) is 0 Å². The molecule has 194 valence electrons. The molecule has 5 rings (SSSR count). The molecule has 11 nitrogen and oxygen atoms in total. The first-order chi connectivity index (χ1) is 18.0. The van der Waals surface area contributed by atoms with E-state index in [2.05, 4.69) is 44.1 Å². The summed E-state index contributed by atoms with van der Waals surface area (Å²) in [5, 5.41) is 16.1. The van der Waals surface area contributed by atoms with Gasteiger partial charge in [-0.15, -0.1) is 0 Å². The summed E-state index contributed by atoms with van der Waals surface area (Å²) >= 11 is 0. The maximum absolute atomic E-state index is 9.00. The predicted octanol–water partition coefficient (Wildman–Crippen LogP) is 3.68. The normalized spacial score (nSPS) is 13.1. The molecule has 0 amide bonds. The van der Waals surface area contributed by atoms with Crippen molar-refractivity contribution in [2.24, 2.45) is 7.05 Å². The number of aryl methyl sites for hydroxylation is 2. The van der Waals surface area contributed by atoms with Crippen LogP contribution in [0.5, 0.6) is 5.88 Å². The molecule has 0 aromatic carbocycles. The average molecular weight is 505 g/mol. The van der Waals surface area contributed by atoms with Crippen molar-refractivity contribution in [2.75, 3.05) is 18.0 Å². The Morgan fingerprint density at radius 1 is 1.14 bits per heavy atom. The Balaban J connectivity index is 0.000000747. The Morgan fingerprint density at radius 2 is 1.92 bits per heavy atom. The van der Waals surface area contributed by atoms with Crippen LogP contribution in [0.25, 0.3) is 17.1 Å². The fourth-order valence-corrected chi connectivity index (χ4v) is 4.26. The molecule has 1 N–H and O–H groups in total. The second-order valence-corrected chi connectivity index (χ2v) is 8.66. The number of piperidine rings is 1. The van der Waals surface area contributed by atoms with Gasteiger partial charge in [-0.1, -0.05) is 6.92 Å². The Labute approximate surface area is 215 Å². The predicted molar refractivity (Wildman–Crippen MR) is 139 cm³/mol. The van der Waals surface area contributed by atoms with Crippen molar-refractivity contribution < 1.29 is 14.6 Å². The summed E-state index contributed by atoms with van der Waals surface area (Å²) in [5.74, 6) is 0.295. The van der Waals surface area contributed by atoms with Gasteiger partial charge < -0.3 is 14.7 Å². The Hall–Kier alpha value is -4.28. The van der Waals surface area contributed by atoms with Gasteiger partial charge in [0.15, 0.2) is 5.82 Å². The van der Waals surface area contributed by atoms with Crippen LogP contribution in [0.2, 0.25) is 0 Å². The Bertz CT molecular complexity index is 1310. The SMILES string of the molecule is CC(=O)O.CCc1nc(-c2cnn(C)c2COc2cc(-n3cccn3)ncn2)ccc1N1CCCCC1. The maximum atomic E-state index is 9.00. The van der Waals surface area contributed by atoms with E-state index in [0.29, 0.717) is 18.3 Å². The molecule has 4 aromatic heterocycles. The molecule has 0 radical (unpaired) electrons. The first-order valence-electron chi connectivity index (χ1n) is 12.4. The van der Waals surface area contributed by atoms with Crippen LogP contribution in [0.15, 0.2) is 49.2 Å². The summed E-state index contributed by atoms with van der Waals surface area (Å²) < 4.78 is 9.52. The number of rotatable bonds is 7. The number of carboxylic acid groups (broad SMARTS) is 1. The highest BCUT2D eigenvalue weighted by atomic mass is 16.5. The molecule has 1 fully saturated rings. The van der Waals surface area contributed by atoms with Gasteiger partial charge in [0.2, 0.25) is 5.88 Å². The van der Waals surface area contributed by atoms with Crippen molar-refractivity contribution in [1.29, 1.82) is 0 Å². The lowest BCUT2D eigenvalue weighted by Crippen LogP contribution is -2.30. The van der Waals surface area contributed by atoms with E-state index in [4.69, 9.17) is 19.6 Å². The van der Waals surface area contributed by atoms with Crippen molar-refractivity contribution >= 4 is 11.7 Å². The van der Waals surface area contributed by atoms with Crippen LogP contribution in [-0.2, 0) is 24.9 Å². The summed E-state index contributed by atoms with van der Waals surface area (Å²) in [5.41, 5.74) is 5.21. The van der Waals surface area contributed by atoms with E-state index in [1.54, 1.807) is 16.9 Å². The summed E-state index contributed by atoms with van der Waals surface area (Å²) in [6.45, 7) is 5.79. The minimum atomic E-state index is -0.833. The third-order valence-electron chi connectivity index (χ3n) is 6.04. The number of aliphatic carboxylic acids is 1. The zero-order chi connectivity index (χ0) is 26.2. The molecule has 0 unspecified atom stereocenters. The molecule has 0 saturated carbocycles.